The van der Waals surface area contributed by atoms with Crippen LogP contribution in [0.3, 0.4) is 0 Å². The topological polar surface area (TPSA) is 146 Å². The largest absolute Gasteiger partial charge is 0.507 e. The van der Waals surface area contributed by atoms with E-state index in [0.717, 1.165) is 23.7 Å². The van der Waals surface area contributed by atoms with E-state index in [2.05, 4.69) is 41.5 Å². The molecule has 0 amide bonds. The molecule has 0 spiro atoms. The third-order valence-electron chi connectivity index (χ3n) is 9.87. The van der Waals surface area contributed by atoms with E-state index in [0.29, 0.717) is 67.1 Å². The number of aromatic hydroxyl groups is 2. The zero-order valence-corrected chi connectivity index (χ0v) is 33.6. The third-order valence-corrected chi connectivity index (χ3v) is 9.87. The standard InChI is InChI=1S/C46H52O10/c1-9-53-39(49)25-55-43-33-15-29-11-27(23-47)13-31(41(29)51)17-35-21-38(46(6,7)8)22-36(44(35)56-26-40(50)54-10-2)18-32-14-28(24-48)12-30(42(32)52)16-34(43)20-37(19-33)45(3,4)5/h11-14,19-24,51-52H,9-10,15-18,25-26H2,1-8H3. The first-order chi connectivity index (χ1) is 26.4. The van der Waals surface area contributed by atoms with Gasteiger partial charge < -0.3 is 29.2 Å². The fraction of sp³-hybridized carbons (Fsp3) is 0.391. The molecular formula is C46H52O10. The molecule has 0 aromatic heterocycles. The van der Waals surface area contributed by atoms with E-state index >= 15 is 0 Å². The minimum Gasteiger partial charge on any atom is -0.507 e. The van der Waals surface area contributed by atoms with Crippen molar-refractivity contribution in [3.63, 3.8) is 0 Å². The maximum atomic E-state index is 12.6. The van der Waals surface area contributed by atoms with E-state index in [1.807, 2.05) is 24.3 Å². The highest BCUT2D eigenvalue weighted by Crippen LogP contribution is 2.42. The molecule has 0 fully saturated rings. The molecule has 4 aromatic carbocycles. The molecule has 0 aliphatic heterocycles. The van der Waals surface area contributed by atoms with Gasteiger partial charge in [-0.15, -0.1) is 0 Å². The fourth-order valence-corrected chi connectivity index (χ4v) is 7.01. The fourth-order valence-electron chi connectivity index (χ4n) is 7.01. The summed E-state index contributed by atoms with van der Waals surface area (Å²) in [5.41, 5.74) is 6.17. The van der Waals surface area contributed by atoms with Gasteiger partial charge in [-0.1, -0.05) is 65.8 Å². The van der Waals surface area contributed by atoms with Gasteiger partial charge in [-0.05, 0) is 105 Å². The lowest BCUT2D eigenvalue weighted by molar-refractivity contribution is -0.146. The van der Waals surface area contributed by atoms with E-state index in [-0.39, 0.29) is 74.4 Å². The quantitative estimate of drug-likeness (QED) is 0.106. The van der Waals surface area contributed by atoms with Gasteiger partial charge >= 0.3 is 11.9 Å². The van der Waals surface area contributed by atoms with E-state index in [1.165, 1.54) is 0 Å². The van der Waals surface area contributed by atoms with Crippen molar-refractivity contribution >= 4 is 24.5 Å². The van der Waals surface area contributed by atoms with Crippen molar-refractivity contribution in [1.82, 2.24) is 0 Å². The lowest BCUT2D eigenvalue weighted by atomic mass is 9.81. The minimum atomic E-state index is -0.565. The van der Waals surface area contributed by atoms with Gasteiger partial charge in [0.1, 0.15) is 35.6 Å². The average Bonchev–Trinajstić information content (AvgIpc) is 3.12. The number of hydrogen-bond donors (Lipinski definition) is 2. The van der Waals surface area contributed by atoms with Crippen LogP contribution >= 0.6 is 0 Å². The third kappa shape index (κ3) is 9.59. The maximum Gasteiger partial charge on any atom is 0.344 e. The van der Waals surface area contributed by atoms with Crippen LogP contribution in [0.1, 0.15) is 132 Å². The summed E-state index contributed by atoms with van der Waals surface area (Å²) < 4.78 is 22.9. The van der Waals surface area contributed by atoms with Crippen molar-refractivity contribution in [3.05, 3.63) is 115 Å². The number of ether oxygens (including phenoxy) is 4. The number of phenolic OH excluding ortho intramolecular Hbond substituents is 2. The van der Waals surface area contributed by atoms with Gasteiger partial charge in [0, 0.05) is 36.8 Å². The highest BCUT2D eigenvalue weighted by molar-refractivity contribution is 5.78. The predicted molar refractivity (Wildman–Crippen MR) is 213 cm³/mol. The summed E-state index contributed by atoms with van der Waals surface area (Å²) in [5, 5.41) is 24.1. The summed E-state index contributed by atoms with van der Waals surface area (Å²) in [6.07, 6.45) is 1.91. The number of esters is 2. The Hall–Kier alpha value is -5.64. The number of rotatable bonds is 10. The summed E-state index contributed by atoms with van der Waals surface area (Å²) in [6, 6.07) is 14.4. The maximum absolute atomic E-state index is 12.6. The molecule has 5 rings (SSSR count). The Morgan fingerprint density at radius 3 is 1.05 bits per heavy atom. The molecule has 10 nitrogen and oxygen atoms in total. The zero-order chi connectivity index (χ0) is 40.9. The SMILES string of the molecule is CCOC(=O)COc1c2cc(C(C)(C)C)cc1Cc1cc(C=O)cc(c1O)Cc1cc(C(C)(C)C)cc(c1OCC(=O)OCC)Cc1cc(C=O)cc(c1O)C2. The molecule has 10 heteroatoms. The Morgan fingerprint density at radius 2 is 0.821 bits per heavy atom. The van der Waals surface area contributed by atoms with Crippen molar-refractivity contribution in [2.45, 2.75) is 91.9 Å². The van der Waals surface area contributed by atoms with Crippen LogP contribution in [0.5, 0.6) is 23.0 Å². The van der Waals surface area contributed by atoms with Gasteiger partial charge in [-0.3, -0.25) is 9.59 Å². The second-order valence-corrected chi connectivity index (χ2v) is 16.3. The van der Waals surface area contributed by atoms with Crippen molar-refractivity contribution < 1.29 is 48.3 Å². The van der Waals surface area contributed by atoms with Crippen LogP contribution in [-0.2, 0) is 55.6 Å². The number of hydrogen-bond acceptors (Lipinski definition) is 10. The molecule has 8 bridgehead atoms. The van der Waals surface area contributed by atoms with Gasteiger partial charge in [0.2, 0.25) is 0 Å². The second-order valence-electron chi connectivity index (χ2n) is 16.3. The molecule has 0 saturated carbocycles. The minimum absolute atomic E-state index is 0.0284. The van der Waals surface area contributed by atoms with Crippen LogP contribution in [0, 0.1) is 0 Å². The van der Waals surface area contributed by atoms with Crippen LogP contribution in [0.15, 0.2) is 48.5 Å². The second kappa shape index (κ2) is 17.0. The van der Waals surface area contributed by atoms with Gasteiger partial charge in [-0.2, -0.15) is 0 Å². The van der Waals surface area contributed by atoms with Crippen LogP contribution < -0.4 is 9.47 Å². The lowest BCUT2D eigenvalue weighted by Gasteiger charge is -2.26. The molecule has 0 saturated heterocycles. The molecule has 0 atom stereocenters. The van der Waals surface area contributed by atoms with Crippen molar-refractivity contribution in [2.75, 3.05) is 26.4 Å². The summed E-state index contributed by atoms with van der Waals surface area (Å²) in [5.74, 6) is -0.460. The number of fused-ring (bicyclic) bond motifs is 8. The molecular weight excluding hydrogens is 712 g/mol. The summed E-state index contributed by atoms with van der Waals surface area (Å²) >= 11 is 0. The molecule has 1 aliphatic carbocycles. The lowest BCUT2D eigenvalue weighted by Crippen LogP contribution is -2.18. The predicted octanol–water partition coefficient (Wildman–Crippen LogP) is 7.88. The first-order valence-electron chi connectivity index (χ1n) is 18.9. The summed E-state index contributed by atoms with van der Waals surface area (Å²) in [4.78, 5) is 50.2. The monoisotopic (exact) mass is 764 g/mol. The van der Waals surface area contributed by atoms with Crippen molar-refractivity contribution in [3.8, 4) is 23.0 Å². The van der Waals surface area contributed by atoms with E-state index in [4.69, 9.17) is 18.9 Å². The van der Waals surface area contributed by atoms with Crippen molar-refractivity contribution in [1.29, 1.82) is 0 Å². The van der Waals surface area contributed by atoms with Crippen molar-refractivity contribution in [2.24, 2.45) is 0 Å². The van der Waals surface area contributed by atoms with Gasteiger partial charge in [0.25, 0.3) is 0 Å². The van der Waals surface area contributed by atoms with Crippen LogP contribution in [0.2, 0.25) is 0 Å². The van der Waals surface area contributed by atoms with Gasteiger partial charge in [-0.25, -0.2) is 9.59 Å². The molecule has 296 valence electrons. The normalized spacial score (nSPS) is 12.7. The number of carbonyl (C=O) groups is 4. The highest BCUT2D eigenvalue weighted by Gasteiger charge is 2.27. The number of benzene rings is 4. The molecule has 4 aromatic rings. The van der Waals surface area contributed by atoms with Crippen LogP contribution in [0.25, 0.3) is 0 Å². The first-order valence-corrected chi connectivity index (χ1v) is 18.9. The zero-order valence-electron chi connectivity index (χ0n) is 33.6. The van der Waals surface area contributed by atoms with Gasteiger partial charge in [0.15, 0.2) is 13.2 Å². The molecule has 2 N–H and O–H groups in total. The van der Waals surface area contributed by atoms with E-state index in [1.54, 1.807) is 38.1 Å². The van der Waals surface area contributed by atoms with E-state index < -0.39 is 11.9 Å². The Balaban J connectivity index is 1.87. The summed E-state index contributed by atoms with van der Waals surface area (Å²) in [7, 11) is 0. The molecule has 0 radical (unpaired) electrons. The Bertz CT molecular complexity index is 1900. The van der Waals surface area contributed by atoms with E-state index in [9.17, 15) is 29.4 Å². The number of phenols is 2. The van der Waals surface area contributed by atoms with Crippen LogP contribution in [0.4, 0.5) is 0 Å². The Morgan fingerprint density at radius 1 is 0.536 bits per heavy atom. The van der Waals surface area contributed by atoms with Crippen LogP contribution in [-0.4, -0.2) is 61.2 Å². The molecule has 0 unspecified atom stereocenters. The smallest absolute Gasteiger partial charge is 0.344 e. The number of aldehydes is 2. The average molecular weight is 765 g/mol. The Kier molecular flexibility index (Phi) is 12.6. The highest BCUT2D eigenvalue weighted by atomic mass is 16.6. The summed E-state index contributed by atoms with van der Waals surface area (Å²) in [6.45, 7) is 15.4. The first kappa shape index (κ1) is 41.5. The molecule has 56 heavy (non-hydrogen) atoms. The number of carbonyl (C=O) groups excluding carboxylic acids is 4. The van der Waals surface area contributed by atoms with Gasteiger partial charge in [0.05, 0.1) is 13.2 Å². The molecule has 1 aliphatic rings. The Labute approximate surface area is 328 Å². The molecule has 0 heterocycles.